The Labute approximate surface area is 167 Å². The Kier molecular flexibility index (Phi) is 6.90. The summed E-state index contributed by atoms with van der Waals surface area (Å²) >= 11 is 0. The molecule has 156 valence electrons. The van der Waals surface area contributed by atoms with E-state index in [0.29, 0.717) is 31.2 Å². The van der Waals surface area contributed by atoms with Crippen LogP contribution in [0.15, 0.2) is 23.1 Å². The van der Waals surface area contributed by atoms with E-state index >= 15 is 0 Å². The normalized spacial score (nSPS) is 22.1. The average Bonchev–Trinajstić information content (AvgIpc) is 2.68. The summed E-state index contributed by atoms with van der Waals surface area (Å²) in [4.78, 5) is 13.4. The maximum Gasteiger partial charge on any atom is 0.293 e. The first kappa shape index (κ1) is 21.0. The van der Waals surface area contributed by atoms with Gasteiger partial charge >= 0.3 is 0 Å². The highest BCUT2D eigenvalue weighted by Crippen LogP contribution is 2.30. The molecule has 0 saturated carbocycles. The monoisotopic (exact) mass is 410 g/mol. The van der Waals surface area contributed by atoms with Gasteiger partial charge in [-0.25, -0.2) is 8.42 Å². The zero-order chi connectivity index (χ0) is 20.1. The molecule has 0 aliphatic carbocycles. The Morgan fingerprint density at radius 3 is 2.61 bits per heavy atom. The largest absolute Gasteiger partial charge is 0.378 e. The van der Waals surface area contributed by atoms with Crippen LogP contribution < -0.4 is 5.32 Å². The number of piperidine rings is 2. The molecule has 2 aliphatic heterocycles. The first-order valence-corrected chi connectivity index (χ1v) is 11.6. The van der Waals surface area contributed by atoms with Gasteiger partial charge in [0, 0.05) is 38.8 Å². The summed E-state index contributed by atoms with van der Waals surface area (Å²) in [7, 11) is -3.69. The van der Waals surface area contributed by atoms with E-state index in [4.69, 9.17) is 0 Å². The number of nitro groups is 1. The van der Waals surface area contributed by atoms with Gasteiger partial charge in [0.2, 0.25) is 10.0 Å². The smallest absolute Gasteiger partial charge is 0.293 e. The molecule has 1 aromatic rings. The molecule has 9 heteroatoms. The van der Waals surface area contributed by atoms with Gasteiger partial charge in [0.15, 0.2) is 0 Å². The third-order valence-corrected chi connectivity index (χ3v) is 7.50. The second kappa shape index (κ2) is 9.19. The lowest BCUT2D eigenvalue weighted by Crippen LogP contribution is -2.37. The number of sulfonamides is 1. The van der Waals surface area contributed by atoms with Gasteiger partial charge in [0.1, 0.15) is 5.69 Å². The van der Waals surface area contributed by atoms with Crippen LogP contribution in [-0.2, 0) is 10.0 Å². The second-order valence-electron chi connectivity index (χ2n) is 7.88. The quantitative estimate of drug-likeness (QED) is 0.548. The zero-order valence-electron chi connectivity index (χ0n) is 16.5. The van der Waals surface area contributed by atoms with E-state index < -0.39 is 14.9 Å². The first-order valence-electron chi connectivity index (χ1n) is 10.1. The summed E-state index contributed by atoms with van der Waals surface area (Å²) in [5, 5.41) is 14.7. The van der Waals surface area contributed by atoms with E-state index in [9.17, 15) is 18.5 Å². The molecule has 2 fully saturated rings. The lowest BCUT2D eigenvalue weighted by Gasteiger charge is -2.30. The molecule has 0 aromatic heterocycles. The molecule has 2 aliphatic rings. The third kappa shape index (κ3) is 5.01. The zero-order valence-corrected chi connectivity index (χ0v) is 17.3. The van der Waals surface area contributed by atoms with Gasteiger partial charge in [-0.3, -0.25) is 10.1 Å². The fourth-order valence-corrected chi connectivity index (χ4v) is 5.60. The first-order chi connectivity index (χ1) is 13.4. The Bertz CT molecular complexity index is 793. The Morgan fingerprint density at radius 2 is 1.93 bits per heavy atom. The van der Waals surface area contributed by atoms with Crippen LogP contribution in [0.1, 0.15) is 39.0 Å². The standard InChI is InChI=1S/C19H30N4O4S/c1-16-6-5-10-21(15-16)13-9-20-18-8-7-17(14-19(18)23(24)25)28(26,27)22-11-3-2-4-12-22/h7-8,14,16,20H,2-6,9-13,15H2,1H3. The van der Waals surface area contributed by atoms with Crippen molar-refractivity contribution in [3.05, 3.63) is 28.3 Å². The molecule has 0 radical (unpaired) electrons. The molecule has 2 heterocycles. The Hall–Kier alpha value is -1.71. The molecule has 3 rings (SSSR count). The van der Waals surface area contributed by atoms with Gasteiger partial charge < -0.3 is 10.2 Å². The molecular weight excluding hydrogens is 380 g/mol. The van der Waals surface area contributed by atoms with Gasteiger partial charge in [-0.1, -0.05) is 13.3 Å². The van der Waals surface area contributed by atoms with Crippen molar-refractivity contribution in [1.82, 2.24) is 9.21 Å². The van der Waals surface area contributed by atoms with Crippen LogP contribution in [0.3, 0.4) is 0 Å². The van der Waals surface area contributed by atoms with Gasteiger partial charge in [-0.05, 0) is 50.3 Å². The minimum absolute atomic E-state index is 0.00324. The summed E-state index contributed by atoms with van der Waals surface area (Å²) < 4.78 is 27.0. The molecule has 1 aromatic carbocycles. The van der Waals surface area contributed by atoms with Crippen molar-refractivity contribution in [3.8, 4) is 0 Å². The Morgan fingerprint density at radius 1 is 1.18 bits per heavy atom. The number of hydrogen-bond acceptors (Lipinski definition) is 6. The average molecular weight is 411 g/mol. The number of anilines is 1. The maximum absolute atomic E-state index is 12.8. The summed E-state index contributed by atoms with van der Waals surface area (Å²) in [6.07, 6.45) is 5.11. The number of nitro benzene ring substituents is 1. The van der Waals surface area contributed by atoms with Crippen LogP contribution in [0.5, 0.6) is 0 Å². The number of nitrogens with one attached hydrogen (secondary N) is 1. The van der Waals surface area contributed by atoms with Crippen LogP contribution in [-0.4, -0.2) is 61.8 Å². The topological polar surface area (TPSA) is 95.8 Å². The van der Waals surface area contributed by atoms with Gasteiger partial charge in [0.05, 0.1) is 9.82 Å². The van der Waals surface area contributed by atoms with Crippen molar-refractivity contribution in [2.75, 3.05) is 44.6 Å². The fourth-order valence-electron chi connectivity index (χ4n) is 4.07. The van der Waals surface area contributed by atoms with E-state index in [0.717, 1.165) is 38.9 Å². The number of benzene rings is 1. The van der Waals surface area contributed by atoms with Crippen LogP contribution in [0, 0.1) is 16.0 Å². The summed E-state index contributed by atoms with van der Waals surface area (Å²) in [5.74, 6) is 0.683. The lowest BCUT2D eigenvalue weighted by molar-refractivity contribution is -0.384. The predicted molar refractivity (Wildman–Crippen MR) is 109 cm³/mol. The highest BCUT2D eigenvalue weighted by Gasteiger charge is 2.28. The molecule has 8 nitrogen and oxygen atoms in total. The molecule has 0 spiro atoms. The van der Waals surface area contributed by atoms with Crippen LogP contribution in [0.2, 0.25) is 0 Å². The number of nitrogens with zero attached hydrogens (tertiary/aromatic N) is 3. The van der Waals surface area contributed by atoms with E-state index in [-0.39, 0.29) is 10.6 Å². The number of likely N-dealkylation sites (tertiary alicyclic amines) is 1. The van der Waals surface area contributed by atoms with Gasteiger partial charge in [0.25, 0.3) is 5.69 Å². The summed E-state index contributed by atoms with van der Waals surface area (Å²) in [5.41, 5.74) is 0.178. The molecule has 28 heavy (non-hydrogen) atoms. The van der Waals surface area contributed by atoms with Crippen molar-refractivity contribution in [3.63, 3.8) is 0 Å². The van der Waals surface area contributed by atoms with Crippen molar-refractivity contribution < 1.29 is 13.3 Å². The molecule has 0 amide bonds. The van der Waals surface area contributed by atoms with Crippen LogP contribution >= 0.6 is 0 Å². The van der Waals surface area contributed by atoms with E-state index in [1.54, 1.807) is 0 Å². The number of rotatable bonds is 7. The fraction of sp³-hybridized carbons (Fsp3) is 0.684. The van der Waals surface area contributed by atoms with Crippen LogP contribution in [0.4, 0.5) is 11.4 Å². The maximum atomic E-state index is 12.8. The molecule has 2 saturated heterocycles. The van der Waals surface area contributed by atoms with Crippen molar-refractivity contribution in [2.24, 2.45) is 5.92 Å². The second-order valence-corrected chi connectivity index (χ2v) is 9.81. The van der Waals surface area contributed by atoms with Gasteiger partial charge in [-0.15, -0.1) is 0 Å². The lowest BCUT2D eigenvalue weighted by atomic mass is 10.0. The molecular formula is C19H30N4O4S. The predicted octanol–water partition coefficient (Wildman–Crippen LogP) is 2.91. The molecule has 0 bridgehead atoms. The minimum atomic E-state index is -3.69. The molecule has 1 atom stereocenters. The highest BCUT2D eigenvalue weighted by atomic mass is 32.2. The SMILES string of the molecule is CC1CCCN(CCNc2ccc(S(=O)(=O)N3CCCCC3)cc2[N+](=O)[O-])C1. The van der Waals surface area contributed by atoms with E-state index in [1.165, 1.54) is 35.3 Å². The van der Waals surface area contributed by atoms with Crippen molar-refractivity contribution in [2.45, 2.75) is 43.9 Å². The molecule has 1 N–H and O–H groups in total. The summed E-state index contributed by atoms with van der Waals surface area (Å²) in [6, 6.07) is 4.19. The third-order valence-electron chi connectivity index (χ3n) is 5.60. The van der Waals surface area contributed by atoms with Crippen LogP contribution in [0.25, 0.3) is 0 Å². The number of hydrogen-bond donors (Lipinski definition) is 1. The summed E-state index contributed by atoms with van der Waals surface area (Å²) in [6.45, 7) is 6.71. The van der Waals surface area contributed by atoms with Crippen molar-refractivity contribution >= 4 is 21.4 Å². The highest BCUT2D eigenvalue weighted by molar-refractivity contribution is 7.89. The van der Waals surface area contributed by atoms with Crippen molar-refractivity contribution in [1.29, 1.82) is 0 Å². The minimum Gasteiger partial charge on any atom is -0.378 e. The Balaban J connectivity index is 1.69. The van der Waals surface area contributed by atoms with E-state index in [2.05, 4.69) is 17.1 Å². The van der Waals surface area contributed by atoms with Gasteiger partial charge in [-0.2, -0.15) is 4.31 Å². The molecule has 1 unspecified atom stereocenters. The van der Waals surface area contributed by atoms with E-state index in [1.807, 2.05) is 0 Å².